The fourth-order valence-corrected chi connectivity index (χ4v) is 7.97. The van der Waals surface area contributed by atoms with E-state index in [-0.39, 0.29) is 63.5 Å². The van der Waals surface area contributed by atoms with Gasteiger partial charge in [0, 0.05) is 31.4 Å². The quantitative estimate of drug-likeness (QED) is 0.0171. The van der Waals surface area contributed by atoms with Crippen molar-refractivity contribution in [2.45, 2.75) is 166 Å². The zero-order valence-corrected chi connectivity index (χ0v) is 48.0. The van der Waals surface area contributed by atoms with E-state index in [1.54, 1.807) is 58.0 Å². The number of aromatic nitrogens is 2. The molecule has 0 aliphatic heterocycles. The normalized spacial score (nSPS) is 15.4. The number of aromatic amines is 1. The highest BCUT2D eigenvalue weighted by atomic mass is 16.4. The molecule has 0 fully saturated rings. The fraction of sp³-hybridized carbons (Fsp3) is 0.596. The molecule has 23 N–H and O–H groups in total. The van der Waals surface area contributed by atoms with Gasteiger partial charge in [-0.15, -0.1) is 0 Å². The number of aliphatic imine (C=N–C) groups is 2. The standard InChI is InChI=1S/C52H86N18O13/c1-8-27(4)39(48(80)67-38(26(2)3)50(82)83)68-45(77)34(17-13-21-60-52(56)57)64-37(73)24-61-47(79)40(29(6)71)70-49(81)41(30(7)72)69-46(78)36(22-32-23-58-25-62-32)66-44(76)35(19-18-31-14-10-9-11-15-31)65-42(74)28(5)63-43(75)33(53)16-12-20-59-51(54)55/h9-11,14-15,23,25-30,33-36,38-41,71-72H,8,12-13,16-22,24,53H2,1-7H3,(H,58,62)(H,61,79)(H,63,75)(H,64,73)(H,65,74)(H,66,76)(H,67,80)(H,68,77)(H,69,78)(H,70,81)(H,82,83)(H4,54,55,59)(H4,56,57,60)/t27?,28-,29+,30+,33-,34-,35-,36-,38+,39-,40-,41-/m0/s1. The molecule has 31 nitrogen and oxygen atoms in total. The molecule has 1 unspecified atom stereocenters. The van der Waals surface area contributed by atoms with Crippen LogP contribution >= 0.6 is 0 Å². The first-order valence-corrected chi connectivity index (χ1v) is 27.2. The first kappa shape index (κ1) is 70.7. The Morgan fingerprint density at radius 2 is 1.10 bits per heavy atom. The second kappa shape index (κ2) is 36.1. The summed E-state index contributed by atoms with van der Waals surface area (Å²) in [5.41, 5.74) is 28.7. The van der Waals surface area contributed by atoms with Crippen LogP contribution in [0, 0.1) is 11.8 Å². The summed E-state index contributed by atoms with van der Waals surface area (Å²) >= 11 is 0. The number of nitrogens with zero attached hydrogens (tertiary/aromatic N) is 3. The van der Waals surface area contributed by atoms with E-state index < -0.39 is 144 Å². The van der Waals surface area contributed by atoms with Crippen LogP contribution in [0.3, 0.4) is 0 Å². The van der Waals surface area contributed by atoms with Crippen molar-refractivity contribution in [3.05, 3.63) is 54.1 Å². The number of hydrogen-bond donors (Lipinski definition) is 18. The number of aliphatic hydroxyl groups is 2. The summed E-state index contributed by atoms with van der Waals surface area (Å²) in [4.78, 5) is 149. The summed E-state index contributed by atoms with van der Waals surface area (Å²) in [5.74, 6) is -10.8. The Bertz CT molecular complexity index is 2510. The molecule has 9 amide bonds. The lowest BCUT2D eigenvalue weighted by atomic mass is 9.96. The zero-order valence-electron chi connectivity index (χ0n) is 48.0. The molecule has 12 atom stereocenters. The Morgan fingerprint density at radius 3 is 1.64 bits per heavy atom. The van der Waals surface area contributed by atoms with Crippen LogP contribution < -0.4 is 76.5 Å². The van der Waals surface area contributed by atoms with E-state index in [9.17, 15) is 63.3 Å². The predicted molar refractivity (Wildman–Crippen MR) is 304 cm³/mol. The van der Waals surface area contributed by atoms with Gasteiger partial charge in [0.2, 0.25) is 53.2 Å². The molecule has 0 saturated carbocycles. The predicted octanol–water partition coefficient (Wildman–Crippen LogP) is -5.42. The number of imidazole rings is 1. The summed E-state index contributed by atoms with van der Waals surface area (Å²) in [7, 11) is 0. The Labute approximate surface area is 481 Å². The highest BCUT2D eigenvalue weighted by Crippen LogP contribution is 2.13. The van der Waals surface area contributed by atoms with Crippen LogP contribution in [-0.4, -0.2) is 183 Å². The highest BCUT2D eigenvalue weighted by molar-refractivity contribution is 5.98. The summed E-state index contributed by atoms with van der Waals surface area (Å²) < 4.78 is 0. The van der Waals surface area contributed by atoms with Crippen molar-refractivity contribution in [2.75, 3.05) is 19.6 Å². The van der Waals surface area contributed by atoms with E-state index in [1.807, 2.05) is 0 Å². The Morgan fingerprint density at radius 1 is 0.590 bits per heavy atom. The maximum absolute atomic E-state index is 14.2. The number of guanidine groups is 2. The van der Waals surface area contributed by atoms with Gasteiger partial charge in [-0.3, -0.25) is 53.1 Å². The number of carboxylic acids is 1. The van der Waals surface area contributed by atoms with Gasteiger partial charge in [0.05, 0.1) is 31.1 Å². The Kier molecular flexibility index (Phi) is 30.7. The number of aliphatic hydroxyl groups excluding tert-OH is 2. The number of aliphatic carboxylic acids is 1. The van der Waals surface area contributed by atoms with Gasteiger partial charge in [0.1, 0.15) is 48.3 Å². The van der Waals surface area contributed by atoms with E-state index in [1.165, 1.54) is 19.4 Å². The van der Waals surface area contributed by atoms with Gasteiger partial charge < -0.3 is 96.8 Å². The van der Waals surface area contributed by atoms with Gasteiger partial charge in [-0.05, 0) is 76.7 Å². The van der Waals surface area contributed by atoms with Gasteiger partial charge in [0.25, 0.3) is 0 Å². The molecular weight excluding hydrogens is 1080 g/mol. The Balaban J connectivity index is 2.31. The number of nitrogens with one attached hydrogen (secondary N) is 10. The maximum Gasteiger partial charge on any atom is 0.326 e. The number of benzene rings is 1. The van der Waals surface area contributed by atoms with Gasteiger partial charge in [-0.2, -0.15) is 0 Å². The minimum atomic E-state index is -1.85. The number of amides is 9. The summed E-state index contributed by atoms with van der Waals surface area (Å²) in [6, 6.07) is -3.62. The Hall–Kier alpha value is -8.45. The lowest BCUT2D eigenvalue weighted by Crippen LogP contribution is -2.62. The topological polar surface area (TPSA) is 523 Å². The summed E-state index contributed by atoms with van der Waals surface area (Å²) in [5, 5.41) is 53.5. The van der Waals surface area contributed by atoms with Crippen LogP contribution in [0.25, 0.3) is 0 Å². The van der Waals surface area contributed by atoms with Crippen LogP contribution in [0.2, 0.25) is 0 Å². The van der Waals surface area contributed by atoms with Crippen molar-refractivity contribution in [1.29, 1.82) is 0 Å². The number of hydrogen-bond acceptors (Lipinski definition) is 16. The number of H-pyrrole nitrogens is 1. The first-order valence-electron chi connectivity index (χ1n) is 27.2. The molecule has 1 aromatic carbocycles. The van der Waals surface area contributed by atoms with Gasteiger partial charge >= 0.3 is 5.97 Å². The largest absolute Gasteiger partial charge is 0.480 e. The molecule has 1 aromatic heterocycles. The lowest BCUT2D eigenvalue weighted by Gasteiger charge is -2.29. The minimum Gasteiger partial charge on any atom is -0.480 e. The van der Waals surface area contributed by atoms with Crippen molar-refractivity contribution >= 4 is 71.1 Å². The molecule has 0 aliphatic rings. The second-order valence-electron chi connectivity index (χ2n) is 20.4. The second-order valence-corrected chi connectivity index (χ2v) is 20.4. The molecule has 31 heteroatoms. The minimum absolute atomic E-state index is 0.000191. The fourth-order valence-electron chi connectivity index (χ4n) is 7.97. The van der Waals surface area contributed by atoms with E-state index in [0.29, 0.717) is 18.5 Å². The maximum atomic E-state index is 14.2. The van der Waals surface area contributed by atoms with Gasteiger partial charge in [0.15, 0.2) is 11.9 Å². The van der Waals surface area contributed by atoms with Crippen molar-refractivity contribution in [3.8, 4) is 0 Å². The van der Waals surface area contributed by atoms with E-state index in [2.05, 4.69) is 67.8 Å². The molecule has 0 aliphatic carbocycles. The monoisotopic (exact) mass is 1170 g/mol. The molecule has 2 aromatic rings. The third kappa shape index (κ3) is 25.9. The average Bonchev–Trinajstić information content (AvgIpc) is 3.97. The third-order valence-electron chi connectivity index (χ3n) is 13.0. The molecular formula is C52H86N18O13. The van der Waals surface area contributed by atoms with Crippen molar-refractivity contribution < 1.29 is 63.3 Å². The molecule has 462 valence electrons. The van der Waals surface area contributed by atoms with E-state index >= 15 is 0 Å². The molecule has 83 heavy (non-hydrogen) atoms. The van der Waals surface area contributed by atoms with Gasteiger partial charge in [-0.25, -0.2) is 9.78 Å². The van der Waals surface area contributed by atoms with Crippen LogP contribution in [-0.2, 0) is 60.8 Å². The molecule has 2 rings (SSSR count). The third-order valence-corrected chi connectivity index (χ3v) is 13.0. The number of nitrogens with two attached hydrogens (primary N) is 5. The summed E-state index contributed by atoms with van der Waals surface area (Å²) in [6.45, 7) is 9.69. The van der Waals surface area contributed by atoms with Gasteiger partial charge in [-0.1, -0.05) is 64.4 Å². The smallest absolute Gasteiger partial charge is 0.326 e. The first-order chi connectivity index (χ1) is 39.1. The highest BCUT2D eigenvalue weighted by Gasteiger charge is 2.37. The number of carboxylic acid groups (broad SMARTS) is 1. The van der Waals surface area contributed by atoms with Crippen molar-refractivity contribution in [3.63, 3.8) is 0 Å². The molecule has 0 saturated heterocycles. The molecule has 0 bridgehead atoms. The van der Waals surface area contributed by atoms with Crippen LogP contribution in [0.4, 0.5) is 0 Å². The van der Waals surface area contributed by atoms with Crippen LogP contribution in [0.1, 0.15) is 98.2 Å². The summed E-state index contributed by atoms with van der Waals surface area (Å²) in [6.07, 6.45) is 0.339. The van der Waals surface area contributed by atoms with Crippen molar-refractivity contribution in [1.82, 2.24) is 57.8 Å². The van der Waals surface area contributed by atoms with Crippen LogP contribution in [0.5, 0.6) is 0 Å². The number of rotatable bonds is 37. The SMILES string of the molecule is CCC(C)[C@H](NC(=O)[C@H](CCCN=C(N)N)NC(=O)CNC(=O)[C@@H](NC(=O)[C@@H](NC(=O)[C@H](Cc1cnc[nH]1)NC(=O)[C@H](CCc1ccccc1)NC(=O)[C@H](C)NC(=O)[C@@H](N)CCCN=C(N)N)[C@@H](C)O)[C@@H](C)O)C(=O)N[C@@H](C(=O)O)C(C)C. The number of carbonyl (C=O) groups excluding carboxylic acids is 9. The van der Waals surface area contributed by atoms with E-state index in [0.717, 1.165) is 19.4 Å². The molecule has 0 spiro atoms. The average molecular weight is 1170 g/mol. The molecule has 1 heterocycles. The van der Waals surface area contributed by atoms with Crippen molar-refractivity contribution in [2.24, 2.45) is 50.5 Å². The zero-order chi connectivity index (χ0) is 62.5. The lowest BCUT2D eigenvalue weighted by molar-refractivity contribution is -0.144. The van der Waals surface area contributed by atoms with Crippen LogP contribution in [0.15, 0.2) is 52.8 Å². The number of carbonyl (C=O) groups is 10. The van der Waals surface area contributed by atoms with E-state index in [4.69, 9.17) is 28.7 Å². The molecule has 0 radical (unpaired) electrons. The number of aryl methyl sites for hydroxylation is 1.